The van der Waals surface area contributed by atoms with Crippen molar-refractivity contribution in [2.75, 3.05) is 5.32 Å². The maximum absolute atomic E-state index is 12.9. The van der Waals surface area contributed by atoms with E-state index < -0.39 is 0 Å². The smallest absolute Gasteiger partial charge is 0.123 e. The molecule has 0 atom stereocenters. The minimum Gasteiger partial charge on any atom is -0.381 e. The van der Waals surface area contributed by atoms with E-state index in [9.17, 15) is 4.39 Å². The fourth-order valence-electron chi connectivity index (χ4n) is 1.84. The maximum Gasteiger partial charge on any atom is 0.123 e. The van der Waals surface area contributed by atoms with Crippen LogP contribution in [0.2, 0.25) is 0 Å². The second-order valence-corrected chi connectivity index (χ2v) is 4.30. The molecule has 0 radical (unpaired) electrons. The van der Waals surface area contributed by atoms with Gasteiger partial charge in [0.25, 0.3) is 0 Å². The van der Waals surface area contributed by atoms with E-state index in [1.165, 1.54) is 17.2 Å². The molecule has 0 unspecified atom stereocenters. The van der Waals surface area contributed by atoms with Crippen LogP contribution in [0.1, 0.15) is 16.7 Å². The highest BCUT2D eigenvalue weighted by Crippen LogP contribution is 2.16. The monoisotopic (exact) mass is 229 g/mol. The molecule has 88 valence electrons. The van der Waals surface area contributed by atoms with Crippen LogP contribution in [0.25, 0.3) is 0 Å². The third kappa shape index (κ3) is 3.06. The molecule has 1 N–H and O–H groups in total. The summed E-state index contributed by atoms with van der Waals surface area (Å²) in [4.78, 5) is 0. The van der Waals surface area contributed by atoms with Gasteiger partial charge in [0, 0.05) is 12.2 Å². The second-order valence-electron chi connectivity index (χ2n) is 4.30. The van der Waals surface area contributed by atoms with Crippen molar-refractivity contribution in [3.05, 3.63) is 65.0 Å². The van der Waals surface area contributed by atoms with E-state index in [0.717, 1.165) is 17.8 Å². The number of aryl methyl sites for hydroxylation is 2. The number of halogens is 1. The van der Waals surface area contributed by atoms with Gasteiger partial charge in [0.15, 0.2) is 0 Å². The van der Waals surface area contributed by atoms with Crippen LogP contribution in [-0.4, -0.2) is 0 Å². The first-order chi connectivity index (χ1) is 8.15. The van der Waals surface area contributed by atoms with E-state index >= 15 is 0 Å². The molecule has 0 aromatic heterocycles. The molecule has 2 aromatic carbocycles. The fraction of sp³-hybridized carbons (Fsp3) is 0.200. The van der Waals surface area contributed by atoms with Crippen LogP contribution in [0.15, 0.2) is 42.5 Å². The predicted octanol–water partition coefficient (Wildman–Crippen LogP) is 4.05. The maximum atomic E-state index is 12.9. The summed E-state index contributed by atoms with van der Waals surface area (Å²) >= 11 is 0. The predicted molar refractivity (Wildman–Crippen MR) is 69.6 cm³/mol. The summed E-state index contributed by atoms with van der Waals surface area (Å²) in [6, 6.07) is 13.1. The van der Waals surface area contributed by atoms with Crippen molar-refractivity contribution in [2.45, 2.75) is 20.4 Å². The van der Waals surface area contributed by atoms with Crippen molar-refractivity contribution < 1.29 is 4.39 Å². The molecule has 0 bridgehead atoms. The summed E-state index contributed by atoms with van der Waals surface area (Å²) in [5.74, 6) is -0.191. The Morgan fingerprint density at radius 1 is 1.06 bits per heavy atom. The molecule has 0 heterocycles. The van der Waals surface area contributed by atoms with Crippen LogP contribution in [0.5, 0.6) is 0 Å². The molecule has 0 aliphatic rings. The number of anilines is 1. The molecule has 0 amide bonds. The third-order valence-corrected chi connectivity index (χ3v) is 2.75. The van der Waals surface area contributed by atoms with Crippen molar-refractivity contribution in [1.82, 2.24) is 0 Å². The first-order valence-corrected chi connectivity index (χ1v) is 5.71. The molecule has 0 fully saturated rings. The van der Waals surface area contributed by atoms with Gasteiger partial charge in [-0.05, 0) is 43.2 Å². The normalized spacial score (nSPS) is 10.3. The molecule has 0 saturated heterocycles. The van der Waals surface area contributed by atoms with E-state index in [0.29, 0.717) is 0 Å². The molecular formula is C15H16FN. The second kappa shape index (κ2) is 5.00. The molecule has 2 aromatic rings. The van der Waals surface area contributed by atoms with Gasteiger partial charge in [-0.25, -0.2) is 4.39 Å². The number of benzene rings is 2. The van der Waals surface area contributed by atoms with Crippen molar-refractivity contribution in [3.63, 3.8) is 0 Å². The van der Waals surface area contributed by atoms with E-state index in [4.69, 9.17) is 0 Å². The van der Waals surface area contributed by atoms with E-state index in [-0.39, 0.29) is 5.82 Å². The summed E-state index contributed by atoms with van der Waals surface area (Å²) in [6.07, 6.45) is 0. The fourth-order valence-corrected chi connectivity index (χ4v) is 1.84. The lowest BCUT2D eigenvalue weighted by molar-refractivity contribution is 0.627. The zero-order valence-corrected chi connectivity index (χ0v) is 10.1. The Bertz CT molecular complexity index is 520. The van der Waals surface area contributed by atoms with E-state index in [1.807, 2.05) is 13.0 Å². The zero-order chi connectivity index (χ0) is 12.3. The quantitative estimate of drug-likeness (QED) is 0.837. The van der Waals surface area contributed by atoms with Gasteiger partial charge in [-0.15, -0.1) is 0 Å². The third-order valence-electron chi connectivity index (χ3n) is 2.75. The highest BCUT2D eigenvalue weighted by Gasteiger charge is 1.99. The number of hydrogen-bond acceptors (Lipinski definition) is 1. The highest BCUT2D eigenvalue weighted by molar-refractivity contribution is 5.50. The number of nitrogens with one attached hydrogen (secondary N) is 1. The van der Waals surface area contributed by atoms with Gasteiger partial charge in [-0.2, -0.15) is 0 Å². The van der Waals surface area contributed by atoms with Crippen molar-refractivity contribution in [3.8, 4) is 0 Å². The van der Waals surface area contributed by atoms with Gasteiger partial charge in [0.1, 0.15) is 5.82 Å². The Hall–Kier alpha value is -1.83. The molecule has 0 spiro atoms. The van der Waals surface area contributed by atoms with Gasteiger partial charge >= 0.3 is 0 Å². The van der Waals surface area contributed by atoms with Crippen LogP contribution in [-0.2, 0) is 6.54 Å². The Morgan fingerprint density at radius 3 is 2.59 bits per heavy atom. The molecule has 1 nitrogen and oxygen atoms in total. The highest BCUT2D eigenvalue weighted by atomic mass is 19.1. The van der Waals surface area contributed by atoms with Gasteiger partial charge in [0.2, 0.25) is 0 Å². The van der Waals surface area contributed by atoms with Gasteiger partial charge < -0.3 is 5.32 Å². The Labute approximate surface area is 101 Å². The minimum atomic E-state index is -0.191. The van der Waals surface area contributed by atoms with Gasteiger partial charge in [-0.3, -0.25) is 0 Å². The summed E-state index contributed by atoms with van der Waals surface area (Å²) < 4.78 is 12.9. The standard InChI is InChI=1S/C15H16FN/c1-11-4-3-5-13(8-11)10-17-15-7-6-14(16)9-12(15)2/h3-9,17H,10H2,1-2H3. The average molecular weight is 229 g/mol. The first kappa shape index (κ1) is 11.6. The van der Waals surface area contributed by atoms with Gasteiger partial charge in [-0.1, -0.05) is 29.8 Å². The lowest BCUT2D eigenvalue weighted by Gasteiger charge is -2.10. The van der Waals surface area contributed by atoms with Crippen LogP contribution in [0.4, 0.5) is 10.1 Å². The van der Waals surface area contributed by atoms with Crippen LogP contribution >= 0.6 is 0 Å². The summed E-state index contributed by atoms with van der Waals surface area (Å²) in [5.41, 5.74) is 4.39. The molecule has 0 aliphatic carbocycles. The minimum absolute atomic E-state index is 0.191. The van der Waals surface area contributed by atoms with E-state index in [2.05, 4.69) is 30.4 Å². The molecular weight excluding hydrogens is 213 g/mol. The van der Waals surface area contributed by atoms with Crippen molar-refractivity contribution in [1.29, 1.82) is 0 Å². The zero-order valence-electron chi connectivity index (χ0n) is 10.1. The Kier molecular flexibility index (Phi) is 3.43. The van der Waals surface area contributed by atoms with Crippen molar-refractivity contribution in [2.24, 2.45) is 0 Å². The lowest BCUT2D eigenvalue weighted by Crippen LogP contribution is -2.01. The molecule has 17 heavy (non-hydrogen) atoms. The van der Waals surface area contributed by atoms with Crippen LogP contribution in [0.3, 0.4) is 0 Å². The van der Waals surface area contributed by atoms with Gasteiger partial charge in [0.05, 0.1) is 0 Å². The lowest BCUT2D eigenvalue weighted by atomic mass is 10.1. The molecule has 2 rings (SSSR count). The Morgan fingerprint density at radius 2 is 1.88 bits per heavy atom. The SMILES string of the molecule is Cc1cccc(CNc2ccc(F)cc2C)c1. The largest absolute Gasteiger partial charge is 0.381 e. The van der Waals surface area contributed by atoms with Crippen LogP contribution in [0, 0.1) is 19.7 Å². The number of hydrogen-bond donors (Lipinski definition) is 1. The molecule has 0 aliphatic heterocycles. The molecule has 0 saturated carbocycles. The van der Waals surface area contributed by atoms with Crippen LogP contribution < -0.4 is 5.32 Å². The summed E-state index contributed by atoms with van der Waals surface area (Å²) in [5, 5.41) is 3.32. The van der Waals surface area contributed by atoms with Crippen molar-refractivity contribution >= 4 is 5.69 Å². The van der Waals surface area contributed by atoms with E-state index in [1.54, 1.807) is 12.1 Å². The Balaban J connectivity index is 2.07. The first-order valence-electron chi connectivity index (χ1n) is 5.71. The molecule has 2 heteroatoms. The average Bonchev–Trinajstić information content (AvgIpc) is 2.28. The topological polar surface area (TPSA) is 12.0 Å². The summed E-state index contributed by atoms with van der Waals surface area (Å²) in [6.45, 7) is 4.74. The summed E-state index contributed by atoms with van der Waals surface area (Å²) in [7, 11) is 0. The number of rotatable bonds is 3.